The fourth-order valence-electron chi connectivity index (χ4n) is 1.31. The van der Waals surface area contributed by atoms with Crippen LogP contribution in [0.4, 0.5) is 5.69 Å². The lowest BCUT2D eigenvalue weighted by atomic mass is 10.3. The average Bonchev–Trinajstić information content (AvgIpc) is 2.29. The maximum Gasteiger partial charge on any atom is 0.151 e. The van der Waals surface area contributed by atoms with Crippen LogP contribution in [0, 0.1) is 0 Å². The molecular weight excluding hydrogens is 405 g/mol. The Morgan fingerprint density at radius 2 is 1.61 bits per heavy atom. The summed E-state index contributed by atoms with van der Waals surface area (Å²) in [7, 11) is 0. The van der Waals surface area contributed by atoms with E-state index in [9.17, 15) is 0 Å². The lowest BCUT2D eigenvalue weighted by molar-refractivity contribution is 0.482. The van der Waals surface area contributed by atoms with Crippen molar-refractivity contribution in [1.29, 1.82) is 0 Å². The standard InChI is InChI=1S/C12H7Br2Cl2NO/c13-6-1-2-11(7(14)3-6)18-12-5-9(16)8(15)4-10(12)17/h1-5H,17H2. The van der Waals surface area contributed by atoms with Crippen LogP contribution in [0.3, 0.4) is 0 Å². The zero-order valence-corrected chi connectivity index (χ0v) is 13.6. The number of rotatable bonds is 2. The molecule has 0 amide bonds. The molecule has 0 aliphatic heterocycles. The largest absolute Gasteiger partial charge is 0.454 e. The lowest BCUT2D eigenvalue weighted by Gasteiger charge is -2.11. The van der Waals surface area contributed by atoms with Gasteiger partial charge in [0, 0.05) is 10.5 Å². The number of hydrogen-bond acceptors (Lipinski definition) is 2. The van der Waals surface area contributed by atoms with Gasteiger partial charge in [-0.3, -0.25) is 0 Å². The first kappa shape index (κ1) is 14.0. The predicted molar refractivity (Wildman–Crippen MR) is 82.8 cm³/mol. The number of benzene rings is 2. The highest BCUT2D eigenvalue weighted by Gasteiger charge is 2.09. The monoisotopic (exact) mass is 409 g/mol. The molecule has 2 N–H and O–H groups in total. The van der Waals surface area contributed by atoms with E-state index >= 15 is 0 Å². The minimum Gasteiger partial charge on any atom is -0.454 e. The number of anilines is 1. The van der Waals surface area contributed by atoms with E-state index in [-0.39, 0.29) is 0 Å². The second-order valence-corrected chi connectivity index (χ2v) is 6.07. The molecule has 2 rings (SSSR count). The molecule has 2 aromatic carbocycles. The Morgan fingerprint density at radius 1 is 0.944 bits per heavy atom. The van der Waals surface area contributed by atoms with Crippen molar-refractivity contribution >= 4 is 60.7 Å². The molecule has 0 aromatic heterocycles. The van der Waals surface area contributed by atoms with Gasteiger partial charge in [-0.1, -0.05) is 39.1 Å². The highest BCUT2D eigenvalue weighted by Crippen LogP contribution is 2.38. The summed E-state index contributed by atoms with van der Waals surface area (Å²) in [5.41, 5.74) is 6.26. The van der Waals surface area contributed by atoms with Gasteiger partial charge in [0.1, 0.15) is 5.75 Å². The molecule has 0 saturated carbocycles. The zero-order valence-electron chi connectivity index (χ0n) is 8.88. The van der Waals surface area contributed by atoms with E-state index in [1.807, 2.05) is 18.2 Å². The van der Waals surface area contributed by atoms with Crippen molar-refractivity contribution in [1.82, 2.24) is 0 Å². The summed E-state index contributed by atoms with van der Waals surface area (Å²) in [6.07, 6.45) is 0. The lowest BCUT2D eigenvalue weighted by Crippen LogP contribution is -1.93. The van der Waals surface area contributed by atoms with E-state index in [2.05, 4.69) is 31.9 Å². The number of nitrogen functional groups attached to an aromatic ring is 1. The summed E-state index contributed by atoms with van der Waals surface area (Å²) in [4.78, 5) is 0. The number of hydrogen-bond donors (Lipinski definition) is 1. The number of halogens is 4. The molecule has 94 valence electrons. The third-order valence-corrected chi connectivity index (χ3v) is 4.00. The Kier molecular flexibility index (Phi) is 4.43. The maximum atomic E-state index is 5.93. The first-order valence-corrected chi connectivity index (χ1v) is 7.19. The Morgan fingerprint density at radius 3 is 2.28 bits per heavy atom. The molecular formula is C12H7Br2Cl2NO. The number of ether oxygens (including phenoxy) is 1. The third-order valence-electron chi connectivity index (χ3n) is 2.17. The third kappa shape index (κ3) is 3.12. The summed E-state index contributed by atoms with van der Waals surface area (Å²) in [5, 5.41) is 0.797. The van der Waals surface area contributed by atoms with Crippen LogP contribution in [0.25, 0.3) is 0 Å². The molecule has 0 heterocycles. The van der Waals surface area contributed by atoms with Crippen LogP contribution < -0.4 is 10.5 Å². The average molecular weight is 412 g/mol. The van der Waals surface area contributed by atoms with E-state index in [1.54, 1.807) is 12.1 Å². The van der Waals surface area contributed by atoms with E-state index in [0.29, 0.717) is 27.2 Å². The maximum absolute atomic E-state index is 5.93. The molecule has 0 spiro atoms. The molecule has 2 aromatic rings. The summed E-state index contributed by atoms with van der Waals surface area (Å²) in [6.45, 7) is 0. The fraction of sp³-hybridized carbons (Fsp3) is 0. The minimum atomic E-state index is 0.397. The van der Waals surface area contributed by atoms with Crippen LogP contribution in [-0.2, 0) is 0 Å². The van der Waals surface area contributed by atoms with E-state index in [1.165, 1.54) is 0 Å². The van der Waals surface area contributed by atoms with Gasteiger partial charge in [-0.15, -0.1) is 0 Å². The van der Waals surface area contributed by atoms with Gasteiger partial charge in [-0.25, -0.2) is 0 Å². The molecule has 0 unspecified atom stereocenters. The minimum absolute atomic E-state index is 0.397. The van der Waals surface area contributed by atoms with Gasteiger partial charge in [0.05, 0.1) is 20.2 Å². The molecule has 0 fully saturated rings. The summed E-state index contributed by atoms with van der Waals surface area (Å²) in [6, 6.07) is 8.71. The predicted octanol–water partition coefficient (Wildman–Crippen LogP) is 5.89. The SMILES string of the molecule is Nc1cc(Cl)c(Cl)cc1Oc1ccc(Br)cc1Br. The molecule has 0 bridgehead atoms. The summed E-state index contributed by atoms with van der Waals surface area (Å²) < 4.78 is 7.45. The Balaban J connectivity index is 2.37. The molecule has 0 atom stereocenters. The molecule has 0 radical (unpaired) electrons. The van der Waals surface area contributed by atoms with Crippen LogP contribution in [-0.4, -0.2) is 0 Å². The van der Waals surface area contributed by atoms with Crippen molar-refractivity contribution in [3.63, 3.8) is 0 Å². The van der Waals surface area contributed by atoms with Crippen molar-refractivity contribution in [2.45, 2.75) is 0 Å². The van der Waals surface area contributed by atoms with Gasteiger partial charge in [-0.05, 0) is 40.2 Å². The normalized spacial score (nSPS) is 10.4. The smallest absolute Gasteiger partial charge is 0.151 e. The topological polar surface area (TPSA) is 35.2 Å². The molecule has 0 aliphatic carbocycles. The zero-order chi connectivity index (χ0) is 13.3. The molecule has 0 saturated heterocycles. The van der Waals surface area contributed by atoms with Gasteiger partial charge >= 0.3 is 0 Å². The van der Waals surface area contributed by atoms with Crippen molar-refractivity contribution in [2.75, 3.05) is 5.73 Å². The Bertz CT molecular complexity index is 605. The summed E-state index contributed by atoms with van der Waals surface area (Å²) in [5.74, 6) is 1.11. The van der Waals surface area contributed by atoms with Crippen LogP contribution in [0.1, 0.15) is 0 Å². The second kappa shape index (κ2) is 5.70. The highest BCUT2D eigenvalue weighted by molar-refractivity contribution is 9.11. The Labute approximate surface area is 131 Å². The van der Waals surface area contributed by atoms with Gasteiger partial charge < -0.3 is 10.5 Å². The van der Waals surface area contributed by atoms with Gasteiger partial charge in [0.2, 0.25) is 0 Å². The molecule has 18 heavy (non-hydrogen) atoms. The van der Waals surface area contributed by atoms with E-state index < -0.39 is 0 Å². The van der Waals surface area contributed by atoms with Crippen LogP contribution in [0.5, 0.6) is 11.5 Å². The van der Waals surface area contributed by atoms with Crippen LogP contribution >= 0.6 is 55.1 Å². The molecule has 2 nitrogen and oxygen atoms in total. The number of nitrogens with two attached hydrogens (primary N) is 1. The quantitative estimate of drug-likeness (QED) is 0.625. The van der Waals surface area contributed by atoms with Gasteiger partial charge in [-0.2, -0.15) is 0 Å². The highest BCUT2D eigenvalue weighted by atomic mass is 79.9. The van der Waals surface area contributed by atoms with Crippen LogP contribution in [0.15, 0.2) is 39.3 Å². The van der Waals surface area contributed by atoms with Crippen molar-refractivity contribution in [3.8, 4) is 11.5 Å². The van der Waals surface area contributed by atoms with Crippen molar-refractivity contribution in [3.05, 3.63) is 49.3 Å². The van der Waals surface area contributed by atoms with Crippen LogP contribution in [0.2, 0.25) is 10.0 Å². The van der Waals surface area contributed by atoms with Crippen molar-refractivity contribution in [2.24, 2.45) is 0 Å². The molecule has 0 aliphatic rings. The van der Waals surface area contributed by atoms with Crippen molar-refractivity contribution < 1.29 is 4.74 Å². The fourth-order valence-corrected chi connectivity index (χ4v) is 2.76. The van der Waals surface area contributed by atoms with E-state index in [4.69, 9.17) is 33.7 Å². The second-order valence-electron chi connectivity index (χ2n) is 3.48. The first-order valence-electron chi connectivity index (χ1n) is 4.85. The van der Waals surface area contributed by atoms with E-state index in [0.717, 1.165) is 8.95 Å². The molecule has 6 heteroatoms. The van der Waals surface area contributed by atoms with Gasteiger partial charge in [0.15, 0.2) is 5.75 Å². The Hall–Kier alpha value is -0.420. The summed E-state index contributed by atoms with van der Waals surface area (Å²) >= 11 is 18.6. The first-order chi connectivity index (χ1) is 8.47. The van der Waals surface area contributed by atoms with Gasteiger partial charge in [0.25, 0.3) is 0 Å².